The molecule has 2 saturated heterocycles. The highest BCUT2D eigenvalue weighted by Gasteiger charge is 2.24. The molecule has 1 aromatic rings. The molecule has 3 rings (SSSR count). The monoisotopic (exact) mass is 559 g/mol. The second kappa shape index (κ2) is 13.7. The first kappa shape index (κ1) is 26.5. The summed E-state index contributed by atoms with van der Waals surface area (Å²) in [4.78, 5) is 23.5. The maximum atomic E-state index is 12.5. The van der Waals surface area contributed by atoms with Crippen LogP contribution in [-0.2, 0) is 4.79 Å². The number of rotatable bonds is 7. The molecule has 0 radical (unpaired) electrons. The van der Waals surface area contributed by atoms with Crippen LogP contribution in [0.3, 0.4) is 0 Å². The highest BCUT2D eigenvalue weighted by atomic mass is 127. The molecule has 32 heavy (non-hydrogen) atoms. The summed E-state index contributed by atoms with van der Waals surface area (Å²) in [6.45, 7) is 8.55. The van der Waals surface area contributed by atoms with E-state index in [4.69, 9.17) is 9.47 Å². The van der Waals surface area contributed by atoms with Crippen molar-refractivity contribution in [3.8, 4) is 11.5 Å². The molecule has 1 N–H and O–H groups in total. The predicted octanol–water partition coefficient (Wildman–Crippen LogP) is 2.29. The minimum absolute atomic E-state index is 0. The molecule has 0 aliphatic carbocycles. The van der Waals surface area contributed by atoms with Gasteiger partial charge in [0.2, 0.25) is 5.91 Å². The number of hydrogen-bond donors (Lipinski definition) is 1. The number of piperidine rings is 1. The average Bonchev–Trinajstić information content (AvgIpc) is 2.81. The maximum Gasteiger partial charge on any atom is 0.236 e. The summed E-state index contributed by atoms with van der Waals surface area (Å²) in [5, 5.41) is 3.42. The molecule has 0 aromatic heterocycles. The zero-order chi connectivity index (χ0) is 22.1. The van der Waals surface area contributed by atoms with Gasteiger partial charge in [-0.25, -0.2) is 0 Å². The first-order valence-electron chi connectivity index (χ1n) is 11.4. The molecule has 0 spiro atoms. The third-order valence-corrected chi connectivity index (χ3v) is 5.90. The molecule has 2 heterocycles. The van der Waals surface area contributed by atoms with Gasteiger partial charge < -0.3 is 24.6 Å². The summed E-state index contributed by atoms with van der Waals surface area (Å²) in [6, 6.07) is 7.61. The summed E-state index contributed by atoms with van der Waals surface area (Å²) >= 11 is 0. The van der Waals surface area contributed by atoms with Crippen molar-refractivity contribution in [1.82, 2.24) is 20.0 Å². The molecular weight excluding hydrogens is 521 g/mol. The van der Waals surface area contributed by atoms with E-state index in [2.05, 4.69) is 20.1 Å². The minimum Gasteiger partial charge on any atom is -0.497 e. The van der Waals surface area contributed by atoms with Crippen LogP contribution in [0.5, 0.6) is 11.5 Å². The van der Waals surface area contributed by atoms with Crippen LogP contribution in [0.25, 0.3) is 0 Å². The number of nitrogens with one attached hydrogen (secondary N) is 1. The summed E-state index contributed by atoms with van der Waals surface area (Å²) in [5.41, 5.74) is 0. The van der Waals surface area contributed by atoms with E-state index in [-0.39, 0.29) is 36.0 Å². The molecule has 9 heteroatoms. The summed E-state index contributed by atoms with van der Waals surface area (Å²) < 4.78 is 11.2. The Balaban J connectivity index is 0.00000363. The fourth-order valence-corrected chi connectivity index (χ4v) is 4.05. The first-order chi connectivity index (χ1) is 15.1. The van der Waals surface area contributed by atoms with E-state index in [1.165, 1.54) is 6.42 Å². The van der Waals surface area contributed by atoms with Crippen LogP contribution >= 0.6 is 24.0 Å². The normalized spacial score (nSPS) is 18.5. The van der Waals surface area contributed by atoms with Crippen molar-refractivity contribution in [2.75, 3.05) is 66.5 Å². The number of nitrogens with zero attached hydrogens (tertiary/aromatic N) is 4. The van der Waals surface area contributed by atoms with Gasteiger partial charge in [0, 0.05) is 46.3 Å². The van der Waals surface area contributed by atoms with E-state index in [1.807, 2.05) is 43.1 Å². The zero-order valence-electron chi connectivity index (χ0n) is 19.6. The van der Waals surface area contributed by atoms with Crippen molar-refractivity contribution in [1.29, 1.82) is 0 Å². The van der Waals surface area contributed by atoms with E-state index < -0.39 is 0 Å². The number of aliphatic imine (C=N–C) groups is 1. The van der Waals surface area contributed by atoms with Crippen molar-refractivity contribution in [3.05, 3.63) is 24.3 Å². The van der Waals surface area contributed by atoms with E-state index in [0.717, 1.165) is 69.6 Å². The molecule has 8 nitrogen and oxygen atoms in total. The largest absolute Gasteiger partial charge is 0.497 e. The average molecular weight is 559 g/mol. The smallest absolute Gasteiger partial charge is 0.236 e. The lowest BCUT2D eigenvalue weighted by atomic mass is 10.1. The molecular formula is C23H38IN5O3. The Morgan fingerprint density at radius 2 is 1.62 bits per heavy atom. The number of benzene rings is 1. The standard InChI is InChI=1S/C23H37N5O3.HI/c1-19(31-21-9-7-20(30-3)8-10-21)17-25-23(24-2)28-15-13-26(14-16-28)18-22(29)27-11-5-4-6-12-27;/h7-10,19H,4-6,11-18H2,1-3H3,(H,24,25);1H. The van der Waals surface area contributed by atoms with E-state index in [1.54, 1.807) is 7.11 Å². The maximum absolute atomic E-state index is 12.5. The van der Waals surface area contributed by atoms with Gasteiger partial charge in [-0.05, 0) is 50.5 Å². The third kappa shape index (κ3) is 7.99. The second-order valence-electron chi connectivity index (χ2n) is 8.24. The number of methoxy groups -OCH3 is 1. The number of guanidine groups is 1. The van der Waals surface area contributed by atoms with E-state index in [0.29, 0.717) is 13.1 Å². The van der Waals surface area contributed by atoms with Gasteiger partial charge in [-0.2, -0.15) is 0 Å². The SMILES string of the molecule is CN=C(NCC(C)Oc1ccc(OC)cc1)N1CCN(CC(=O)N2CCCCC2)CC1.I. The highest BCUT2D eigenvalue weighted by Crippen LogP contribution is 2.18. The van der Waals surface area contributed by atoms with E-state index >= 15 is 0 Å². The second-order valence-corrected chi connectivity index (χ2v) is 8.24. The molecule has 1 amide bonds. The molecule has 2 aliphatic rings. The molecule has 1 unspecified atom stereocenters. The predicted molar refractivity (Wildman–Crippen MR) is 138 cm³/mol. The number of halogens is 1. The Morgan fingerprint density at radius 3 is 2.22 bits per heavy atom. The van der Waals surface area contributed by atoms with Crippen molar-refractivity contribution in [2.24, 2.45) is 4.99 Å². The molecule has 0 bridgehead atoms. The molecule has 180 valence electrons. The lowest BCUT2D eigenvalue weighted by Gasteiger charge is -2.37. The Labute approximate surface area is 209 Å². The van der Waals surface area contributed by atoms with Gasteiger partial charge in [0.15, 0.2) is 5.96 Å². The molecule has 1 aromatic carbocycles. The van der Waals surface area contributed by atoms with Crippen LogP contribution < -0.4 is 14.8 Å². The lowest BCUT2D eigenvalue weighted by Crippen LogP contribution is -2.55. The lowest BCUT2D eigenvalue weighted by molar-refractivity contribution is -0.133. The van der Waals surface area contributed by atoms with E-state index in [9.17, 15) is 4.79 Å². The van der Waals surface area contributed by atoms with Crippen molar-refractivity contribution in [3.63, 3.8) is 0 Å². The summed E-state index contributed by atoms with van der Waals surface area (Å²) in [6.07, 6.45) is 3.52. The third-order valence-electron chi connectivity index (χ3n) is 5.90. The Bertz CT molecular complexity index is 717. The van der Waals surface area contributed by atoms with Crippen LogP contribution in [0.1, 0.15) is 26.2 Å². The van der Waals surface area contributed by atoms with Gasteiger partial charge in [0.1, 0.15) is 17.6 Å². The van der Waals surface area contributed by atoms with Crippen LogP contribution in [0.2, 0.25) is 0 Å². The summed E-state index contributed by atoms with van der Waals surface area (Å²) in [7, 11) is 3.46. The van der Waals surface area contributed by atoms with Crippen molar-refractivity contribution < 1.29 is 14.3 Å². The molecule has 1 atom stereocenters. The van der Waals surface area contributed by atoms with Gasteiger partial charge in [0.25, 0.3) is 0 Å². The van der Waals surface area contributed by atoms with Gasteiger partial charge in [0.05, 0.1) is 20.2 Å². The fraction of sp³-hybridized carbons (Fsp3) is 0.652. The number of likely N-dealkylation sites (tertiary alicyclic amines) is 1. The number of hydrogen-bond acceptors (Lipinski definition) is 5. The number of carbonyl (C=O) groups excluding carboxylic acids is 1. The summed E-state index contributed by atoms with van der Waals surface area (Å²) in [5.74, 6) is 2.79. The van der Waals surface area contributed by atoms with Gasteiger partial charge in [-0.15, -0.1) is 24.0 Å². The quantitative estimate of drug-likeness (QED) is 0.314. The van der Waals surface area contributed by atoms with Gasteiger partial charge >= 0.3 is 0 Å². The van der Waals surface area contributed by atoms with Crippen LogP contribution in [-0.4, -0.2) is 99.2 Å². The minimum atomic E-state index is -0.00593. The zero-order valence-corrected chi connectivity index (χ0v) is 21.9. The Morgan fingerprint density at radius 1 is 1.00 bits per heavy atom. The number of ether oxygens (including phenoxy) is 2. The van der Waals surface area contributed by atoms with Crippen LogP contribution in [0, 0.1) is 0 Å². The van der Waals surface area contributed by atoms with Crippen LogP contribution in [0.15, 0.2) is 29.3 Å². The number of amides is 1. The number of piperazine rings is 1. The fourth-order valence-electron chi connectivity index (χ4n) is 4.05. The molecule has 2 aliphatic heterocycles. The van der Waals surface area contributed by atoms with Gasteiger partial charge in [-0.3, -0.25) is 14.7 Å². The Kier molecular flexibility index (Phi) is 11.4. The molecule has 2 fully saturated rings. The van der Waals surface area contributed by atoms with Crippen molar-refractivity contribution >= 4 is 35.8 Å². The number of carbonyl (C=O) groups is 1. The topological polar surface area (TPSA) is 69.6 Å². The molecule has 0 saturated carbocycles. The highest BCUT2D eigenvalue weighted by molar-refractivity contribution is 14.0. The van der Waals surface area contributed by atoms with Crippen molar-refractivity contribution in [2.45, 2.75) is 32.3 Å². The Hall–Kier alpha value is -1.75. The van der Waals surface area contributed by atoms with Gasteiger partial charge in [-0.1, -0.05) is 0 Å². The first-order valence-corrected chi connectivity index (χ1v) is 11.4. The van der Waals surface area contributed by atoms with Crippen LogP contribution in [0.4, 0.5) is 0 Å².